The molecule has 0 radical (unpaired) electrons. The lowest BCUT2D eigenvalue weighted by molar-refractivity contribution is 0.0956. The summed E-state index contributed by atoms with van der Waals surface area (Å²) < 4.78 is 6.21. The van der Waals surface area contributed by atoms with Crippen LogP contribution in [-0.4, -0.2) is 10.5 Å². The first-order valence-electron chi connectivity index (χ1n) is 6.30. The van der Waals surface area contributed by atoms with Gasteiger partial charge in [0.15, 0.2) is 5.58 Å². The van der Waals surface area contributed by atoms with E-state index in [0.29, 0.717) is 16.7 Å². The van der Waals surface area contributed by atoms with Crippen molar-refractivity contribution < 1.29 is 9.21 Å². The number of oxazole rings is 1. The van der Waals surface area contributed by atoms with Crippen LogP contribution in [-0.2, 0) is 0 Å². The Morgan fingerprint density at radius 3 is 2.60 bits per heavy atom. The van der Waals surface area contributed by atoms with E-state index >= 15 is 0 Å². The summed E-state index contributed by atoms with van der Waals surface area (Å²) in [5, 5.41) is 0. The summed E-state index contributed by atoms with van der Waals surface area (Å²) in [6.45, 7) is 3.74. The highest BCUT2D eigenvalue weighted by atomic mass is 16.4. The second kappa shape index (κ2) is 4.49. The standard InChI is InChI=1S/C16H13NO3/c1-10-7-8-14-13(9-10)17(16(19)20-14)15(18)12-6-4-3-5-11(12)2/h3-9H,1-2H3. The van der Waals surface area contributed by atoms with Gasteiger partial charge >= 0.3 is 5.76 Å². The molecule has 0 unspecified atom stereocenters. The number of aryl methyl sites for hydroxylation is 2. The molecule has 1 heterocycles. The molecule has 0 amide bonds. The topological polar surface area (TPSA) is 52.2 Å². The number of rotatable bonds is 1. The number of benzene rings is 2. The predicted octanol–water partition coefficient (Wildman–Crippen LogP) is 2.90. The van der Waals surface area contributed by atoms with Gasteiger partial charge in [-0.15, -0.1) is 0 Å². The lowest BCUT2D eigenvalue weighted by Gasteiger charge is -2.04. The maximum absolute atomic E-state index is 12.6. The van der Waals surface area contributed by atoms with Crippen LogP contribution in [0.3, 0.4) is 0 Å². The number of hydrogen-bond donors (Lipinski definition) is 0. The van der Waals surface area contributed by atoms with E-state index in [0.717, 1.165) is 15.7 Å². The number of fused-ring (bicyclic) bond motifs is 1. The summed E-state index contributed by atoms with van der Waals surface area (Å²) in [5.74, 6) is -1.02. The third kappa shape index (κ3) is 1.86. The molecule has 0 aliphatic rings. The minimum atomic E-state index is -0.654. The fraction of sp³-hybridized carbons (Fsp3) is 0.125. The van der Waals surface area contributed by atoms with Crippen molar-refractivity contribution in [2.75, 3.05) is 0 Å². The zero-order valence-corrected chi connectivity index (χ0v) is 11.2. The van der Waals surface area contributed by atoms with Gasteiger partial charge in [-0.3, -0.25) is 4.79 Å². The van der Waals surface area contributed by atoms with Gasteiger partial charge in [0, 0.05) is 5.56 Å². The van der Waals surface area contributed by atoms with E-state index in [1.54, 1.807) is 24.3 Å². The molecule has 4 nitrogen and oxygen atoms in total. The summed E-state index contributed by atoms with van der Waals surface area (Å²) >= 11 is 0. The predicted molar refractivity (Wildman–Crippen MR) is 76.1 cm³/mol. The van der Waals surface area contributed by atoms with Crippen LogP contribution in [0.1, 0.15) is 21.5 Å². The van der Waals surface area contributed by atoms with Crippen LogP contribution in [0.25, 0.3) is 11.1 Å². The summed E-state index contributed by atoms with van der Waals surface area (Å²) in [6, 6.07) is 12.5. The molecule has 0 saturated heterocycles. The van der Waals surface area contributed by atoms with E-state index in [9.17, 15) is 9.59 Å². The minimum absolute atomic E-state index is 0.363. The monoisotopic (exact) mass is 267 g/mol. The van der Waals surface area contributed by atoms with Crippen LogP contribution < -0.4 is 5.76 Å². The average molecular weight is 267 g/mol. The molecule has 2 aromatic carbocycles. The number of carbonyl (C=O) groups excluding carboxylic acids is 1. The second-order valence-corrected chi connectivity index (χ2v) is 4.79. The van der Waals surface area contributed by atoms with Crippen molar-refractivity contribution in [3.8, 4) is 0 Å². The van der Waals surface area contributed by atoms with E-state index in [1.165, 1.54) is 0 Å². The second-order valence-electron chi connectivity index (χ2n) is 4.79. The zero-order valence-electron chi connectivity index (χ0n) is 11.2. The molecule has 0 fully saturated rings. The maximum Gasteiger partial charge on any atom is 0.427 e. The maximum atomic E-state index is 12.6. The third-order valence-electron chi connectivity index (χ3n) is 3.31. The molecule has 0 atom stereocenters. The molecule has 0 aliphatic heterocycles. The molecule has 3 rings (SSSR count). The zero-order chi connectivity index (χ0) is 14.3. The van der Waals surface area contributed by atoms with Gasteiger partial charge in [0.25, 0.3) is 5.91 Å². The number of aromatic nitrogens is 1. The number of nitrogens with zero attached hydrogens (tertiary/aromatic N) is 1. The highest BCUT2D eigenvalue weighted by molar-refractivity contribution is 6.01. The van der Waals surface area contributed by atoms with Crippen molar-refractivity contribution in [2.24, 2.45) is 0 Å². The van der Waals surface area contributed by atoms with E-state index in [-0.39, 0.29) is 5.91 Å². The number of hydrogen-bond acceptors (Lipinski definition) is 3. The number of carbonyl (C=O) groups is 1. The average Bonchev–Trinajstić information content (AvgIpc) is 2.74. The molecule has 0 bridgehead atoms. The van der Waals surface area contributed by atoms with Crippen LogP contribution in [0.2, 0.25) is 0 Å². The Kier molecular flexibility index (Phi) is 2.79. The summed E-state index contributed by atoms with van der Waals surface area (Å²) in [5.41, 5.74) is 3.21. The van der Waals surface area contributed by atoms with Crippen molar-refractivity contribution in [2.45, 2.75) is 13.8 Å². The first-order chi connectivity index (χ1) is 9.58. The Hall–Kier alpha value is -2.62. The Morgan fingerprint density at radius 2 is 1.85 bits per heavy atom. The van der Waals surface area contributed by atoms with Gasteiger partial charge < -0.3 is 4.42 Å². The summed E-state index contributed by atoms with van der Waals surface area (Å²) in [7, 11) is 0. The van der Waals surface area contributed by atoms with Gasteiger partial charge in [-0.2, -0.15) is 0 Å². The van der Waals surface area contributed by atoms with Gasteiger partial charge in [-0.25, -0.2) is 9.36 Å². The molecule has 3 aromatic rings. The van der Waals surface area contributed by atoms with Crippen molar-refractivity contribution in [1.29, 1.82) is 0 Å². The molecule has 20 heavy (non-hydrogen) atoms. The smallest absolute Gasteiger partial charge is 0.407 e. The van der Waals surface area contributed by atoms with E-state index < -0.39 is 5.76 Å². The van der Waals surface area contributed by atoms with E-state index in [1.807, 2.05) is 32.0 Å². The van der Waals surface area contributed by atoms with Gasteiger partial charge in [-0.05, 0) is 43.2 Å². The summed E-state index contributed by atoms with van der Waals surface area (Å²) in [6.07, 6.45) is 0. The first kappa shape index (κ1) is 12.4. The Bertz CT molecular complexity index is 871. The fourth-order valence-corrected chi connectivity index (χ4v) is 2.25. The van der Waals surface area contributed by atoms with Gasteiger partial charge in [-0.1, -0.05) is 24.3 Å². The molecule has 0 aliphatic carbocycles. The van der Waals surface area contributed by atoms with Crippen molar-refractivity contribution >= 4 is 17.0 Å². The largest absolute Gasteiger partial charge is 0.427 e. The summed E-state index contributed by atoms with van der Waals surface area (Å²) in [4.78, 5) is 24.5. The third-order valence-corrected chi connectivity index (χ3v) is 3.31. The van der Waals surface area contributed by atoms with Crippen molar-refractivity contribution in [3.63, 3.8) is 0 Å². The van der Waals surface area contributed by atoms with Crippen LogP contribution >= 0.6 is 0 Å². The van der Waals surface area contributed by atoms with Crippen molar-refractivity contribution in [3.05, 3.63) is 69.7 Å². The fourth-order valence-electron chi connectivity index (χ4n) is 2.25. The highest BCUT2D eigenvalue weighted by Gasteiger charge is 2.18. The van der Waals surface area contributed by atoms with Crippen LogP contribution in [0, 0.1) is 13.8 Å². The molecule has 0 N–H and O–H groups in total. The highest BCUT2D eigenvalue weighted by Crippen LogP contribution is 2.17. The SMILES string of the molecule is Cc1ccc2oc(=O)n(C(=O)c3ccccc3C)c2c1. The van der Waals surface area contributed by atoms with Gasteiger partial charge in [0.1, 0.15) is 0 Å². The molecule has 0 spiro atoms. The Morgan fingerprint density at radius 1 is 1.10 bits per heavy atom. The molecule has 1 aromatic heterocycles. The lowest BCUT2D eigenvalue weighted by atomic mass is 10.1. The molecule has 100 valence electrons. The van der Waals surface area contributed by atoms with Gasteiger partial charge in [0.05, 0.1) is 5.52 Å². The van der Waals surface area contributed by atoms with Crippen LogP contribution in [0.5, 0.6) is 0 Å². The molecular weight excluding hydrogens is 254 g/mol. The lowest BCUT2D eigenvalue weighted by Crippen LogP contribution is -2.23. The Balaban J connectivity index is 2.27. The van der Waals surface area contributed by atoms with Gasteiger partial charge in [0.2, 0.25) is 0 Å². The van der Waals surface area contributed by atoms with E-state index in [2.05, 4.69) is 0 Å². The molecule has 0 saturated carbocycles. The van der Waals surface area contributed by atoms with Crippen LogP contribution in [0.15, 0.2) is 51.7 Å². The minimum Gasteiger partial charge on any atom is -0.407 e. The Labute approximate surface area is 115 Å². The molecular formula is C16H13NO3. The molecule has 4 heteroatoms. The quantitative estimate of drug-likeness (QED) is 0.681. The first-order valence-corrected chi connectivity index (χ1v) is 6.30. The van der Waals surface area contributed by atoms with Crippen LogP contribution in [0.4, 0.5) is 0 Å². The normalized spacial score (nSPS) is 10.9. The van der Waals surface area contributed by atoms with Crippen molar-refractivity contribution in [1.82, 2.24) is 4.57 Å². The van der Waals surface area contributed by atoms with E-state index in [4.69, 9.17) is 4.42 Å².